The van der Waals surface area contributed by atoms with Gasteiger partial charge in [0, 0.05) is 48.8 Å². The molecule has 1 heterocycles. The Morgan fingerprint density at radius 1 is 0.477 bits per heavy atom. The molecule has 0 bridgehead atoms. The standard InChI is InChI=1S/C63H113N11O12/c1-25-28-29-41(16)53(76)52-57(80)66-44(26-2)59(82)68(19)34-49(75)74(27-3)46(31-36(6)7)56(79)67-50(39(12)13)62(85)69(20)45(30-35(4)5)55(78)64-42(17)54(77)65-43(18)58(81)70(21)47(32-37(8)9)60(83)71(22)48(33-38(10)11)61(84)72(23)51(40(14)15)63(86)73(52)24/h25,28,35-48,50-53,76H,26-27,29-34H2,1-24H3,(H,64,78)(H,65,77)(H,66,80)(H,67,79)/b28-25+/t41-,42+,43-,44+,45+,46+,47+,48+,50+,51+,52+,53-/m1/s1. The van der Waals surface area contributed by atoms with Gasteiger partial charge < -0.3 is 60.7 Å². The Bertz CT molecular complexity index is 2340. The van der Waals surface area contributed by atoms with E-state index in [0.717, 1.165) is 9.80 Å². The minimum atomic E-state index is -1.61. The molecule has 86 heavy (non-hydrogen) atoms. The van der Waals surface area contributed by atoms with E-state index >= 15 is 9.59 Å². The molecule has 0 saturated carbocycles. The van der Waals surface area contributed by atoms with Gasteiger partial charge in [-0.3, -0.25) is 52.7 Å². The highest BCUT2D eigenvalue weighted by molar-refractivity contribution is 5.99. The fourth-order valence-corrected chi connectivity index (χ4v) is 11.0. The second-order valence-electron chi connectivity index (χ2n) is 26.3. The second kappa shape index (κ2) is 35.6. The number of carbonyl (C=O) groups is 11. The maximum atomic E-state index is 15.2. The first-order valence-corrected chi connectivity index (χ1v) is 31.1. The van der Waals surface area contributed by atoms with Crippen LogP contribution >= 0.6 is 0 Å². The first kappa shape index (κ1) is 77.9. The predicted molar refractivity (Wildman–Crippen MR) is 333 cm³/mol. The van der Waals surface area contributed by atoms with Crippen molar-refractivity contribution in [2.45, 2.75) is 230 Å². The van der Waals surface area contributed by atoms with Gasteiger partial charge in [-0.05, 0) is 108 Å². The Morgan fingerprint density at radius 2 is 0.907 bits per heavy atom. The van der Waals surface area contributed by atoms with Crippen LogP contribution in [0.4, 0.5) is 0 Å². The van der Waals surface area contributed by atoms with Crippen LogP contribution in [0.1, 0.15) is 163 Å². The first-order chi connectivity index (χ1) is 39.7. The molecule has 1 saturated heterocycles. The number of nitrogens with one attached hydrogen (secondary N) is 4. The summed E-state index contributed by atoms with van der Waals surface area (Å²) in [6.45, 7) is 31.1. The molecule has 1 aliphatic heterocycles. The van der Waals surface area contributed by atoms with Crippen LogP contribution in [0, 0.1) is 41.4 Å². The van der Waals surface area contributed by atoms with Crippen LogP contribution in [0.2, 0.25) is 0 Å². The van der Waals surface area contributed by atoms with Gasteiger partial charge in [-0.2, -0.15) is 0 Å². The maximum absolute atomic E-state index is 15.2. The lowest BCUT2D eigenvalue weighted by atomic mass is 9.91. The molecule has 11 amide bonds. The molecule has 0 aromatic carbocycles. The van der Waals surface area contributed by atoms with Gasteiger partial charge in [0.25, 0.3) is 0 Å². The second-order valence-corrected chi connectivity index (χ2v) is 26.3. The molecule has 12 atom stereocenters. The van der Waals surface area contributed by atoms with Crippen molar-refractivity contribution in [1.82, 2.24) is 55.6 Å². The van der Waals surface area contributed by atoms with E-state index in [4.69, 9.17) is 0 Å². The van der Waals surface area contributed by atoms with Gasteiger partial charge in [-0.1, -0.05) is 109 Å². The number of nitrogens with zero attached hydrogens (tertiary/aromatic N) is 7. The number of hydrogen-bond donors (Lipinski definition) is 5. The molecule has 23 nitrogen and oxygen atoms in total. The zero-order chi connectivity index (χ0) is 66.7. The molecule has 5 N–H and O–H groups in total. The summed E-state index contributed by atoms with van der Waals surface area (Å²) < 4.78 is 0. The first-order valence-electron chi connectivity index (χ1n) is 31.1. The summed E-state index contributed by atoms with van der Waals surface area (Å²) in [5.41, 5.74) is 0. The molecule has 0 aliphatic carbocycles. The smallest absolute Gasteiger partial charge is 0.246 e. The van der Waals surface area contributed by atoms with Gasteiger partial charge in [0.05, 0.1) is 12.6 Å². The average molecular weight is 1220 g/mol. The zero-order valence-corrected chi connectivity index (χ0v) is 56.8. The van der Waals surface area contributed by atoms with E-state index in [0.29, 0.717) is 6.42 Å². The van der Waals surface area contributed by atoms with Crippen molar-refractivity contribution in [2.75, 3.05) is 55.4 Å². The predicted octanol–water partition coefficient (Wildman–Crippen LogP) is 3.66. The fraction of sp³-hybridized carbons (Fsp3) is 0.794. The van der Waals surface area contributed by atoms with E-state index in [1.807, 2.05) is 61.5 Å². The van der Waals surface area contributed by atoms with Crippen LogP contribution in [-0.4, -0.2) is 226 Å². The highest BCUT2D eigenvalue weighted by Crippen LogP contribution is 2.26. The summed E-state index contributed by atoms with van der Waals surface area (Å²) in [6, 6.07) is -12.3. The number of amides is 11. The summed E-state index contributed by atoms with van der Waals surface area (Å²) in [6.07, 6.45) is 3.06. The maximum Gasteiger partial charge on any atom is 0.246 e. The lowest BCUT2D eigenvalue weighted by Crippen LogP contribution is -2.63. The van der Waals surface area contributed by atoms with Crippen LogP contribution in [0.15, 0.2) is 12.2 Å². The number of likely N-dealkylation sites (N-methyl/N-ethyl adjacent to an activating group) is 7. The van der Waals surface area contributed by atoms with Gasteiger partial charge in [-0.15, -0.1) is 0 Å². The Kier molecular flexibility index (Phi) is 32.3. The van der Waals surface area contributed by atoms with Gasteiger partial charge in [0.2, 0.25) is 65.0 Å². The summed E-state index contributed by atoms with van der Waals surface area (Å²) in [5.74, 6) is -9.63. The fourth-order valence-electron chi connectivity index (χ4n) is 11.0. The minimum absolute atomic E-state index is 0.0245. The van der Waals surface area contributed by atoms with Crippen molar-refractivity contribution >= 4 is 65.0 Å². The molecule has 23 heteroatoms. The summed E-state index contributed by atoms with van der Waals surface area (Å²) in [5, 5.41) is 23.2. The third kappa shape index (κ3) is 21.6. The lowest BCUT2D eigenvalue weighted by Gasteiger charge is -2.41. The Labute approximate surface area is 515 Å². The molecule has 0 spiro atoms. The van der Waals surface area contributed by atoms with Crippen LogP contribution in [-0.2, 0) is 52.7 Å². The van der Waals surface area contributed by atoms with Crippen LogP contribution in [0.25, 0.3) is 0 Å². The summed E-state index contributed by atoms with van der Waals surface area (Å²) in [4.78, 5) is 169. The molecule has 492 valence electrons. The van der Waals surface area contributed by atoms with E-state index in [9.17, 15) is 48.3 Å². The van der Waals surface area contributed by atoms with Gasteiger partial charge in [-0.25, -0.2) is 0 Å². The van der Waals surface area contributed by atoms with E-state index in [-0.39, 0.29) is 62.3 Å². The Balaban J connectivity index is 4.36. The SMILES string of the molecule is C/C=C/C[C@@H](C)[C@@H](O)[C@H]1C(=O)N[C@@H](CC)C(=O)N(C)CC(=O)N(CC)[C@@H](CC(C)C)C(=O)N[C@@H](C(C)C)C(=O)N(C)[C@@H](CC(C)C)C(=O)N[C@@H](C)C(=O)N[C@H](C)C(=O)N(C)[C@@H](CC(C)C)C(=O)N(C)[C@@H](CC(C)C)C(=O)N(C)[C@@H](C(C)C)C(=O)N1C. The number of rotatable bonds is 16. The van der Waals surface area contributed by atoms with E-state index in [1.165, 1.54) is 80.6 Å². The molecule has 0 aromatic rings. The molecule has 1 fully saturated rings. The largest absolute Gasteiger partial charge is 0.390 e. The van der Waals surface area contributed by atoms with Crippen molar-refractivity contribution in [1.29, 1.82) is 0 Å². The number of aliphatic hydroxyl groups excluding tert-OH is 1. The number of hydrogen-bond acceptors (Lipinski definition) is 12. The van der Waals surface area contributed by atoms with Gasteiger partial charge >= 0.3 is 0 Å². The van der Waals surface area contributed by atoms with Crippen LogP contribution < -0.4 is 21.3 Å². The van der Waals surface area contributed by atoms with E-state index in [1.54, 1.807) is 61.5 Å². The molecular weight excluding hydrogens is 1100 g/mol. The van der Waals surface area contributed by atoms with Crippen LogP contribution in [0.5, 0.6) is 0 Å². The van der Waals surface area contributed by atoms with Crippen molar-refractivity contribution in [3.05, 3.63) is 12.2 Å². The normalized spacial score (nSPS) is 26.7. The van der Waals surface area contributed by atoms with E-state index in [2.05, 4.69) is 21.3 Å². The number of aliphatic hydroxyl groups is 1. The molecule has 1 aliphatic rings. The highest BCUT2D eigenvalue weighted by Gasteiger charge is 2.46. The number of carbonyl (C=O) groups excluding carboxylic acids is 11. The Hall–Kier alpha value is -6.13. The minimum Gasteiger partial charge on any atom is -0.390 e. The highest BCUT2D eigenvalue weighted by atomic mass is 16.3. The van der Waals surface area contributed by atoms with Crippen molar-refractivity contribution in [2.24, 2.45) is 41.4 Å². The number of allylic oxidation sites excluding steroid dienone is 2. The molecule has 1 rings (SSSR count). The Morgan fingerprint density at radius 3 is 1.36 bits per heavy atom. The van der Waals surface area contributed by atoms with Crippen molar-refractivity contribution in [3.63, 3.8) is 0 Å². The average Bonchev–Trinajstić information content (AvgIpc) is 1.08. The van der Waals surface area contributed by atoms with Gasteiger partial charge in [0.1, 0.15) is 60.4 Å². The topological polar surface area (TPSA) is 279 Å². The summed E-state index contributed by atoms with van der Waals surface area (Å²) >= 11 is 0. The third-order valence-electron chi connectivity index (χ3n) is 16.3. The van der Waals surface area contributed by atoms with Gasteiger partial charge in [0.15, 0.2) is 0 Å². The quantitative estimate of drug-likeness (QED) is 0.139. The summed E-state index contributed by atoms with van der Waals surface area (Å²) in [7, 11) is 8.53. The third-order valence-corrected chi connectivity index (χ3v) is 16.3. The van der Waals surface area contributed by atoms with Crippen molar-refractivity contribution in [3.8, 4) is 0 Å². The zero-order valence-electron chi connectivity index (χ0n) is 56.8. The molecule has 0 radical (unpaired) electrons. The molecule has 0 aromatic heterocycles. The van der Waals surface area contributed by atoms with E-state index < -0.39 is 156 Å². The lowest BCUT2D eigenvalue weighted by molar-refractivity contribution is -0.157. The monoisotopic (exact) mass is 1220 g/mol. The molecule has 0 unspecified atom stereocenters. The molecular formula is C63H113N11O12. The van der Waals surface area contributed by atoms with Crippen molar-refractivity contribution < 1.29 is 57.8 Å². The van der Waals surface area contributed by atoms with Crippen LogP contribution in [0.3, 0.4) is 0 Å².